The second-order valence-electron chi connectivity index (χ2n) is 6.27. The van der Waals surface area contributed by atoms with Gasteiger partial charge in [0.2, 0.25) is 0 Å². The molecule has 0 aromatic carbocycles. The van der Waals surface area contributed by atoms with E-state index in [0.717, 1.165) is 18.5 Å². The predicted octanol–water partition coefficient (Wildman–Crippen LogP) is 5.46. The third-order valence-electron chi connectivity index (χ3n) is 4.55. The Labute approximate surface area is 121 Å². The van der Waals surface area contributed by atoms with E-state index in [2.05, 4.69) is 18.8 Å². The van der Waals surface area contributed by atoms with Crippen molar-refractivity contribution in [3.05, 3.63) is 12.7 Å². The second-order valence-corrected chi connectivity index (χ2v) is 6.27. The van der Waals surface area contributed by atoms with Crippen LogP contribution in [0.5, 0.6) is 0 Å². The van der Waals surface area contributed by atoms with Gasteiger partial charge in [0.1, 0.15) is 0 Å². The minimum Gasteiger partial charge on any atom is -0.314 e. The largest absolute Gasteiger partial charge is 0.314 e. The highest BCUT2D eigenvalue weighted by molar-refractivity contribution is 4.74. The summed E-state index contributed by atoms with van der Waals surface area (Å²) in [6.45, 7) is 7.17. The molecule has 0 radical (unpaired) electrons. The summed E-state index contributed by atoms with van der Waals surface area (Å²) in [7, 11) is 0. The highest BCUT2D eigenvalue weighted by Gasteiger charge is 2.17. The molecule has 1 rings (SSSR count). The van der Waals surface area contributed by atoms with E-state index in [0.29, 0.717) is 0 Å². The van der Waals surface area contributed by atoms with Crippen molar-refractivity contribution in [2.45, 2.75) is 90.0 Å². The zero-order valence-electron chi connectivity index (χ0n) is 13.1. The summed E-state index contributed by atoms with van der Waals surface area (Å²) in [6.07, 6.45) is 19.0. The van der Waals surface area contributed by atoms with Gasteiger partial charge in [0.05, 0.1) is 0 Å². The predicted molar refractivity (Wildman–Crippen MR) is 86.6 cm³/mol. The monoisotopic (exact) mass is 265 g/mol. The van der Waals surface area contributed by atoms with E-state index in [1.807, 2.05) is 6.08 Å². The van der Waals surface area contributed by atoms with Gasteiger partial charge in [-0.3, -0.25) is 0 Å². The number of allylic oxidation sites excluding steroid dienone is 1. The van der Waals surface area contributed by atoms with E-state index in [4.69, 9.17) is 0 Å². The molecule has 1 fully saturated rings. The summed E-state index contributed by atoms with van der Waals surface area (Å²) < 4.78 is 0. The molecule has 0 aromatic heterocycles. The normalized spacial score (nSPS) is 19.0. The fraction of sp³-hybridized carbons (Fsp3) is 0.889. The summed E-state index contributed by atoms with van der Waals surface area (Å²) in [5.74, 6) is 1.000. The molecule has 0 amide bonds. The van der Waals surface area contributed by atoms with Crippen LogP contribution in [-0.4, -0.2) is 12.6 Å². The van der Waals surface area contributed by atoms with Crippen molar-refractivity contribution in [2.24, 2.45) is 5.92 Å². The fourth-order valence-electron chi connectivity index (χ4n) is 3.45. The van der Waals surface area contributed by atoms with E-state index in [9.17, 15) is 0 Å². The van der Waals surface area contributed by atoms with Crippen molar-refractivity contribution in [3.8, 4) is 0 Å². The van der Waals surface area contributed by atoms with Crippen LogP contribution in [0, 0.1) is 5.92 Å². The van der Waals surface area contributed by atoms with Crippen LogP contribution in [0.15, 0.2) is 12.7 Å². The van der Waals surface area contributed by atoms with Crippen LogP contribution in [0.4, 0.5) is 0 Å². The lowest BCUT2D eigenvalue weighted by molar-refractivity contribution is 0.336. The van der Waals surface area contributed by atoms with Crippen molar-refractivity contribution in [2.75, 3.05) is 6.54 Å². The maximum absolute atomic E-state index is 3.80. The smallest absolute Gasteiger partial charge is 0.00695 e. The first-order valence-corrected chi connectivity index (χ1v) is 8.71. The summed E-state index contributed by atoms with van der Waals surface area (Å²) in [5.41, 5.74) is 0. The van der Waals surface area contributed by atoms with E-state index in [-0.39, 0.29) is 0 Å². The molecule has 19 heavy (non-hydrogen) atoms. The summed E-state index contributed by atoms with van der Waals surface area (Å²) >= 11 is 0. The van der Waals surface area contributed by atoms with E-state index < -0.39 is 0 Å². The van der Waals surface area contributed by atoms with Gasteiger partial charge < -0.3 is 5.32 Å². The minimum atomic E-state index is 0.775. The van der Waals surface area contributed by atoms with Gasteiger partial charge >= 0.3 is 0 Å². The zero-order valence-corrected chi connectivity index (χ0v) is 13.1. The summed E-state index contributed by atoms with van der Waals surface area (Å²) in [4.78, 5) is 0. The number of nitrogens with one attached hydrogen (secondary N) is 1. The summed E-state index contributed by atoms with van der Waals surface area (Å²) in [6, 6.07) is 0.775. The molecule has 0 aliphatic heterocycles. The molecule has 0 bridgehead atoms. The van der Waals surface area contributed by atoms with Crippen LogP contribution < -0.4 is 5.32 Å². The lowest BCUT2D eigenvalue weighted by Gasteiger charge is -2.23. The Hall–Kier alpha value is -0.300. The first kappa shape index (κ1) is 16.8. The van der Waals surface area contributed by atoms with Crippen LogP contribution >= 0.6 is 0 Å². The van der Waals surface area contributed by atoms with Gasteiger partial charge in [0, 0.05) is 6.04 Å². The van der Waals surface area contributed by atoms with E-state index in [1.165, 1.54) is 77.0 Å². The Bertz CT molecular complexity index is 204. The molecule has 1 N–H and O–H groups in total. The number of rotatable bonds is 10. The molecule has 0 aromatic rings. The molecule has 1 unspecified atom stereocenters. The van der Waals surface area contributed by atoms with E-state index >= 15 is 0 Å². The Balaban J connectivity index is 2.19. The molecule has 1 heteroatoms. The van der Waals surface area contributed by atoms with Gasteiger partial charge in [0.25, 0.3) is 0 Å². The van der Waals surface area contributed by atoms with Gasteiger partial charge in [-0.1, -0.05) is 64.4 Å². The highest BCUT2D eigenvalue weighted by atomic mass is 14.9. The molecule has 1 nitrogen and oxygen atoms in total. The van der Waals surface area contributed by atoms with Gasteiger partial charge in [0.15, 0.2) is 0 Å². The Morgan fingerprint density at radius 3 is 2.47 bits per heavy atom. The highest BCUT2D eigenvalue weighted by Crippen LogP contribution is 2.27. The van der Waals surface area contributed by atoms with Gasteiger partial charge in [-0.25, -0.2) is 0 Å². The van der Waals surface area contributed by atoms with Crippen LogP contribution in [0.2, 0.25) is 0 Å². The van der Waals surface area contributed by atoms with Gasteiger partial charge in [-0.05, 0) is 38.1 Å². The van der Waals surface area contributed by atoms with Gasteiger partial charge in [-0.15, -0.1) is 6.58 Å². The standard InChI is InChI=1S/C18H35N/c1-3-5-6-7-12-15-18(19-4-2)16-17-13-10-8-9-11-14-17/h3,17-19H,1,4-16H2,2H3. The molecule has 1 aliphatic rings. The molecule has 0 saturated heterocycles. The van der Waals surface area contributed by atoms with Crippen molar-refractivity contribution in [1.29, 1.82) is 0 Å². The molecule has 112 valence electrons. The SMILES string of the molecule is C=CCCCCCC(CC1CCCCCC1)NCC. The van der Waals surface area contributed by atoms with E-state index in [1.54, 1.807) is 0 Å². The van der Waals surface area contributed by atoms with Crippen molar-refractivity contribution >= 4 is 0 Å². The summed E-state index contributed by atoms with van der Waals surface area (Å²) in [5, 5.41) is 3.72. The van der Waals surface area contributed by atoms with Gasteiger partial charge in [-0.2, -0.15) is 0 Å². The van der Waals surface area contributed by atoms with Crippen molar-refractivity contribution < 1.29 is 0 Å². The Kier molecular flexibility index (Phi) is 10.2. The topological polar surface area (TPSA) is 12.0 Å². The molecule has 1 aliphatic carbocycles. The third kappa shape index (κ3) is 8.47. The lowest BCUT2D eigenvalue weighted by Crippen LogP contribution is -2.31. The molecule has 1 saturated carbocycles. The quantitative estimate of drug-likeness (QED) is 0.314. The minimum absolute atomic E-state index is 0.775. The zero-order chi connectivity index (χ0) is 13.8. The fourth-order valence-corrected chi connectivity index (χ4v) is 3.45. The van der Waals surface area contributed by atoms with Crippen LogP contribution in [-0.2, 0) is 0 Å². The average molecular weight is 265 g/mol. The number of hydrogen-bond donors (Lipinski definition) is 1. The first-order valence-electron chi connectivity index (χ1n) is 8.71. The Morgan fingerprint density at radius 2 is 1.84 bits per heavy atom. The molecule has 1 atom stereocenters. The third-order valence-corrected chi connectivity index (χ3v) is 4.55. The van der Waals surface area contributed by atoms with Crippen molar-refractivity contribution in [1.82, 2.24) is 5.32 Å². The van der Waals surface area contributed by atoms with Crippen LogP contribution in [0.25, 0.3) is 0 Å². The van der Waals surface area contributed by atoms with Crippen LogP contribution in [0.3, 0.4) is 0 Å². The average Bonchev–Trinajstić information content (AvgIpc) is 2.67. The molecular formula is C18H35N. The number of hydrogen-bond acceptors (Lipinski definition) is 1. The lowest BCUT2D eigenvalue weighted by atomic mass is 9.90. The molecule has 0 spiro atoms. The maximum Gasteiger partial charge on any atom is 0.00695 e. The maximum atomic E-state index is 3.80. The Morgan fingerprint density at radius 1 is 1.11 bits per heavy atom. The van der Waals surface area contributed by atoms with Crippen molar-refractivity contribution in [3.63, 3.8) is 0 Å². The number of unbranched alkanes of at least 4 members (excludes halogenated alkanes) is 3. The van der Waals surface area contributed by atoms with Crippen LogP contribution in [0.1, 0.15) is 84.0 Å². The first-order chi connectivity index (χ1) is 9.36. The second kappa shape index (κ2) is 11.5. The molecule has 0 heterocycles. The molecular weight excluding hydrogens is 230 g/mol.